The number of aliphatic hydroxyl groups excluding tert-OH is 1. The Bertz CT molecular complexity index is 200. The Morgan fingerprint density at radius 3 is 2.53 bits per heavy atom. The van der Waals surface area contributed by atoms with Crippen LogP contribution in [0.2, 0.25) is 0 Å². The van der Waals surface area contributed by atoms with Crippen molar-refractivity contribution in [3.63, 3.8) is 0 Å². The van der Waals surface area contributed by atoms with Crippen LogP contribution in [-0.4, -0.2) is 23.5 Å². The van der Waals surface area contributed by atoms with Crippen LogP contribution in [0.25, 0.3) is 0 Å². The van der Waals surface area contributed by atoms with Gasteiger partial charge >= 0.3 is 0 Å². The van der Waals surface area contributed by atoms with Gasteiger partial charge in [-0.05, 0) is 19.3 Å². The molecule has 1 saturated carbocycles. The maximum absolute atomic E-state index is 12.0. The molecule has 1 aliphatic carbocycles. The highest BCUT2D eigenvalue weighted by Gasteiger charge is 2.37. The van der Waals surface area contributed by atoms with E-state index < -0.39 is 13.2 Å². The fraction of sp³-hybridized carbons (Fsp3) is 1.00. The van der Waals surface area contributed by atoms with Crippen LogP contribution >= 0.6 is 8.03 Å². The Balaban J connectivity index is 2.45. The van der Waals surface area contributed by atoms with Gasteiger partial charge in [0.05, 0.1) is 18.4 Å². The number of aliphatic hydroxyl groups is 1. The van der Waals surface area contributed by atoms with E-state index in [4.69, 9.17) is 4.52 Å². The van der Waals surface area contributed by atoms with Gasteiger partial charge in [0.25, 0.3) is 0 Å². The average Bonchev–Trinajstić information content (AvgIpc) is 2.30. The number of unbranched alkanes of at least 4 members (excludes halogenated alkanes) is 1. The van der Waals surface area contributed by atoms with Crippen molar-refractivity contribution >= 4 is 8.03 Å². The van der Waals surface area contributed by atoms with Crippen molar-refractivity contribution in [3.05, 3.63) is 0 Å². The first kappa shape index (κ1) is 13.2. The molecule has 0 aromatic rings. The van der Waals surface area contributed by atoms with Gasteiger partial charge in [-0.15, -0.1) is 0 Å². The molecule has 1 fully saturated rings. The normalized spacial score (nSPS) is 22.5. The van der Waals surface area contributed by atoms with Gasteiger partial charge in [0.2, 0.25) is 0 Å². The van der Waals surface area contributed by atoms with Crippen LogP contribution < -0.4 is 0 Å². The minimum Gasteiger partial charge on any atom is -0.395 e. The molecule has 3 nitrogen and oxygen atoms in total. The summed E-state index contributed by atoms with van der Waals surface area (Å²) in [5.74, 6) is 0. The molecule has 0 aliphatic heterocycles. The smallest absolute Gasteiger partial charge is 0.199 e. The predicted octanol–water partition coefficient (Wildman–Crippen LogP) is 2.97. The molecule has 0 bridgehead atoms. The van der Waals surface area contributed by atoms with E-state index in [-0.39, 0.29) is 6.61 Å². The lowest BCUT2D eigenvalue weighted by Crippen LogP contribution is -2.32. The fourth-order valence-electron chi connectivity index (χ4n) is 2.12. The zero-order valence-corrected chi connectivity index (χ0v) is 10.6. The largest absolute Gasteiger partial charge is 0.395 e. The van der Waals surface area contributed by atoms with E-state index in [2.05, 4.69) is 6.92 Å². The standard InChI is InChI=1S/C11H23O3P/c1-2-3-9-14-15(13)11(10-12)7-5-4-6-8-11/h12,15H,2-10H2,1H3. The molecule has 4 heteroatoms. The SMILES string of the molecule is CCCCO[PH](=O)C1(CO)CCCCC1. The third-order valence-corrected chi connectivity index (χ3v) is 5.27. The fourth-order valence-corrected chi connectivity index (χ4v) is 3.64. The van der Waals surface area contributed by atoms with Gasteiger partial charge in [-0.25, -0.2) is 0 Å². The molecule has 1 rings (SSSR count). The summed E-state index contributed by atoms with van der Waals surface area (Å²) >= 11 is 0. The molecule has 0 spiro atoms. The molecule has 1 atom stereocenters. The Hall–Kier alpha value is 0.150. The van der Waals surface area contributed by atoms with Crippen LogP contribution in [0.4, 0.5) is 0 Å². The molecular formula is C11H23O3P. The van der Waals surface area contributed by atoms with E-state index in [0.29, 0.717) is 6.61 Å². The molecule has 90 valence electrons. The monoisotopic (exact) mass is 234 g/mol. The zero-order valence-electron chi connectivity index (χ0n) is 9.63. The van der Waals surface area contributed by atoms with E-state index in [1.165, 1.54) is 6.42 Å². The van der Waals surface area contributed by atoms with Crippen molar-refractivity contribution in [1.29, 1.82) is 0 Å². The maximum atomic E-state index is 12.0. The highest BCUT2D eigenvalue weighted by Crippen LogP contribution is 2.49. The average molecular weight is 234 g/mol. The summed E-state index contributed by atoms with van der Waals surface area (Å²) in [4.78, 5) is 0. The van der Waals surface area contributed by atoms with Gasteiger partial charge in [0, 0.05) is 0 Å². The summed E-state index contributed by atoms with van der Waals surface area (Å²) in [6.45, 7) is 2.69. The van der Waals surface area contributed by atoms with Crippen molar-refractivity contribution in [2.45, 2.75) is 57.0 Å². The van der Waals surface area contributed by atoms with Gasteiger partial charge < -0.3 is 9.63 Å². The van der Waals surface area contributed by atoms with Crippen LogP contribution in [0.3, 0.4) is 0 Å². The molecule has 0 amide bonds. The van der Waals surface area contributed by atoms with Crippen LogP contribution in [0, 0.1) is 0 Å². The molecule has 0 saturated heterocycles. The molecule has 15 heavy (non-hydrogen) atoms. The second-order valence-electron chi connectivity index (χ2n) is 4.49. The first-order chi connectivity index (χ1) is 7.25. The summed E-state index contributed by atoms with van der Waals surface area (Å²) in [7, 11) is -2.07. The van der Waals surface area contributed by atoms with Gasteiger partial charge in [0.15, 0.2) is 8.03 Å². The Morgan fingerprint density at radius 1 is 1.33 bits per heavy atom. The zero-order chi connectivity index (χ0) is 11.1. The Kier molecular flexibility index (Phi) is 5.88. The molecule has 1 unspecified atom stereocenters. The third kappa shape index (κ3) is 3.58. The van der Waals surface area contributed by atoms with Crippen molar-refractivity contribution < 1.29 is 14.2 Å². The maximum Gasteiger partial charge on any atom is 0.199 e. The van der Waals surface area contributed by atoms with E-state index in [0.717, 1.165) is 38.5 Å². The van der Waals surface area contributed by atoms with E-state index >= 15 is 0 Å². The highest BCUT2D eigenvalue weighted by molar-refractivity contribution is 7.41. The Labute approximate surface area is 93.1 Å². The molecular weight excluding hydrogens is 211 g/mol. The molecule has 0 aromatic heterocycles. The topological polar surface area (TPSA) is 46.5 Å². The van der Waals surface area contributed by atoms with Crippen LogP contribution in [0.15, 0.2) is 0 Å². The second kappa shape index (κ2) is 6.67. The third-order valence-electron chi connectivity index (χ3n) is 3.28. The molecule has 0 heterocycles. The summed E-state index contributed by atoms with van der Waals surface area (Å²) in [5.41, 5.74) is 0. The van der Waals surface area contributed by atoms with Crippen LogP contribution in [0.1, 0.15) is 51.9 Å². The van der Waals surface area contributed by atoms with Crippen molar-refractivity contribution in [2.75, 3.05) is 13.2 Å². The van der Waals surface area contributed by atoms with Gasteiger partial charge in [0.1, 0.15) is 0 Å². The summed E-state index contributed by atoms with van der Waals surface area (Å²) in [6, 6.07) is 0. The summed E-state index contributed by atoms with van der Waals surface area (Å²) < 4.78 is 17.4. The van der Waals surface area contributed by atoms with Crippen molar-refractivity contribution in [3.8, 4) is 0 Å². The van der Waals surface area contributed by atoms with E-state index in [1.807, 2.05) is 0 Å². The lowest BCUT2D eigenvalue weighted by Gasteiger charge is -2.34. The van der Waals surface area contributed by atoms with Crippen molar-refractivity contribution in [2.24, 2.45) is 0 Å². The van der Waals surface area contributed by atoms with Crippen LogP contribution in [-0.2, 0) is 9.09 Å². The molecule has 1 N–H and O–H groups in total. The lowest BCUT2D eigenvalue weighted by molar-refractivity contribution is 0.188. The van der Waals surface area contributed by atoms with Crippen molar-refractivity contribution in [1.82, 2.24) is 0 Å². The quantitative estimate of drug-likeness (QED) is 0.567. The van der Waals surface area contributed by atoms with Gasteiger partial charge in [-0.2, -0.15) is 0 Å². The minimum absolute atomic E-state index is 0.0247. The molecule has 0 radical (unpaired) electrons. The summed E-state index contributed by atoms with van der Waals surface area (Å²) in [6.07, 6.45) is 7.11. The Morgan fingerprint density at radius 2 is 2.00 bits per heavy atom. The highest BCUT2D eigenvalue weighted by atomic mass is 31.1. The first-order valence-electron chi connectivity index (χ1n) is 6.03. The number of hydrogen-bond acceptors (Lipinski definition) is 3. The first-order valence-corrected chi connectivity index (χ1v) is 7.35. The molecule has 1 aliphatic rings. The minimum atomic E-state index is -2.07. The van der Waals surface area contributed by atoms with Gasteiger partial charge in [-0.1, -0.05) is 32.6 Å². The second-order valence-corrected chi connectivity index (χ2v) is 6.41. The molecule has 0 aromatic carbocycles. The predicted molar refractivity (Wildman–Crippen MR) is 62.8 cm³/mol. The lowest BCUT2D eigenvalue weighted by atomic mass is 9.89. The van der Waals surface area contributed by atoms with Gasteiger partial charge in [-0.3, -0.25) is 4.57 Å². The summed E-state index contributed by atoms with van der Waals surface area (Å²) in [5, 5.41) is 9.02. The van der Waals surface area contributed by atoms with E-state index in [9.17, 15) is 9.67 Å². The number of hydrogen-bond donors (Lipinski definition) is 1. The van der Waals surface area contributed by atoms with E-state index in [1.54, 1.807) is 0 Å². The number of rotatable bonds is 6. The van der Waals surface area contributed by atoms with Crippen LogP contribution in [0.5, 0.6) is 0 Å².